The van der Waals surface area contributed by atoms with Crippen molar-refractivity contribution >= 4 is 54.0 Å². The van der Waals surface area contributed by atoms with Gasteiger partial charge in [-0.3, -0.25) is 10.1 Å². The molecule has 1 atom stereocenters. The van der Waals surface area contributed by atoms with Crippen LogP contribution in [0.4, 0.5) is 11.5 Å². The lowest BCUT2D eigenvalue weighted by Gasteiger charge is -2.13. The molecule has 0 aromatic carbocycles. The number of thioether (sulfide) groups is 1. The molecular weight excluding hydrogens is 307 g/mol. The van der Waals surface area contributed by atoms with Gasteiger partial charge in [-0.05, 0) is 12.1 Å². The first kappa shape index (κ1) is 18.3. The number of nitrogens with one attached hydrogen (secondary N) is 2. The first-order valence-electron chi connectivity index (χ1n) is 5.42. The number of anilines is 2. The summed E-state index contributed by atoms with van der Waals surface area (Å²) in [5.74, 6) is 2.24. The summed E-state index contributed by atoms with van der Waals surface area (Å²) >= 11 is 1.73. The Kier molecular flexibility index (Phi) is 8.17. The van der Waals surface area contributed by atoms with E-state index in [1.807, 2.05) is 31.1 Å². The number of hydrogen-bond acceptors (Lipinski definition) is 5. The van der Waals surface area contributed by atoms with Gasteiger partial charge < -0.3 is 10.2 Å². The van der Waals surface area contributed by atoms with Gasteiger partial charge in [0, 0.05) is 25.7 Å². The SMILES string of the molecule is CN(C)c1ccc(NC(=O)C2CSCN2)nc1.Cl.Cl. The number of pyridine rings is 1. The van der Waals surface area contributed by atoms with Gasteiger partial charge in [-0.2, -0.15) is 0 Å². The van der Waals surface area contributed by atoms with Gasteiger partial charge in [-0.25, -0.2) is 4.98 Å². The Balaban J connectivity index is 0.00000162. The predicted octanol–water partition coefficient (Wildman–Crippen LogP) is 1.59. The molecule has 8 heteroatoms. The monoisotopic (exact) mass is 324 g/mol. The zero-order valence-corrected chi connectivity index (χ0v) is 13.2. The summed E-state index contributed by atoms with van der Waals surface area (Å²) in [6, 6.07) is 3.64. The maximum absolute atomic E-state index is 11.8. The van der Waals surface area contributed by atoms with Crippen molar-refractivity contribution in [3.8, 4) is 0 Å². The van der Waals surface area contributed by atoms with Gasteiger partial charge in [0.2, 0.25) is 5.91 Å². The summed E-state index contributed by atoms with van der Waals surface area (Å²) in [4.78, 5) is 18.0. The molecule has 1 aliphatic heterocycles. The van der Waals surface area contributed by atoms with Crippen LogP contribution in [0, 0.1) is 0 Å². The molecule has 0 radical (unpaired) electrons. The topological polar surface area (TPSA) is 57.3 Å². The number of rotatable bonds is 3. The number of carbonyl (C=O) groups excluding carboxylic acids is 1. The first-order chi connectivity index (χ1) is 8.16. The minimum absolute atomic E-state index is 0. The Bertz CT molecular complexity index is 396. The average molecular weight is 325 g/mol. The zero-order chi connectivity index (χ0) is 12.3. The summed E-state index contributed by atoms with van der Waals surface area (Å²) in [7, 11) is 3.91. The van der Waals surface area contributed by atoms with Crippen LogP contribution < -0.4 is 15.5 Å². The molecule has 1 saturated heterocycles. The minimum Gasteiger partial charge on any atom is -0.376 e. The summed E-state index contributed by atoms with van der Waals surface area (Å²) < 4.78 is 0. The maximum atomic E-state index is 11.8. The van der Waals surface area contributed by atoms with Crippen molar-refractivity contribution in [2.75, 3.05) is 35.9 Å². The van der Waals surface area contributed by atoms with Crippen LogP contribution in [0.3, 0.4) is 0 Å². The maximum Gasteiger partial charge on any atom is 0.243 e. The van der Waals surface area contributed by atoms with Gasteiger partial charge in [0.25, 0.3) is 0 Å². The summed E-state index contributed by atoms with van der Waals surface area (Å²) in [6.45, 7) is 0. The lowest BCUT2D eigenvalue weighted by molar-refractivity contribution is -0.117. The molecule has 2 N–H and O–H groups in total. The van der Waals surface area contributed by atoms with Crippen molar-refractivity contribution in [3.05, 3.63) is 18.3 Å². The van der Waals surface area contributed by atoms with E-state index in [4.69, 9.17) is 0 Å². The Morgan fingerprint density at radius 2 is 2.21 bits per heavy atom. The molecule has 1 aromatic heterocycles. The number of aromatic nitrogens is 1. The van der Waals surface area contributed by atoms with Gasteiger partial charge in [-0.1, -0.05) is 0 Å². The highest BCUT2D eigenvalue weighted by atomic mass is 35.5. The fraction of sp³-hybridized carbons (Fsp3) is 0.455. The molecule has 108 valence electrons. The van der Waals surface area contributed by atoms with Gasteiger partial charge in [0.05, 0.1) is 17.9 Å². The molecule has 0 spiro atoms. The van der Waals surface area contributed by atoms with Crippen molar-refractivity contribution < 1.29 is 4.79 Å². The fourth-order valence-corrected chi connectivity index (χ4v) is 2.44. The van der Waals surface area contributed by atoms with E-state index < -0.39 is 0 Å². The highest BCUT2D eigenvalue weighted by Crippen LogP contribution is 2.14. The molecule has 19 heavy (non-hydrogen) atoms. The van der Waals surface area contributed by atoms with Crippen LogP contribution in [0.1, 0.15) is 0 Å². The van der Waals surface area contributed by atoms with E-state index in [2.05, 4.69) is 15.6 Å². The molecule has 2 rings (SSSR count). The van der Waals surface area contributed by atoms with Crippen LogP contribution in [0.5, 0.6) is 0 Å². The standard InChI is InChI=1S/C11H16N4OS.2ClH/c1-15(2)8-3-4-10(12-5-8)14-11(16)9-6-17-7-13-9;;/h3-5,9,13H,6-7H2,1-2H3,(H,12,14,16);2*1H. The Hall–Kier alpha value is -0.690. The molecule has 5 nitrogen and oxygen atoms in total. The van der Waals surface area contributed by atoms with Crippen molar-refractivity contribution in [3.63, 3.8) is 0 Å². The smallest absolute Gasteiger partial charge is 0.243 e. The Morgan fingerprint density at radius 1 is 1.47 bits per heavy atom. The van der Waals surface area contributed by atoms with Crippen molar-refractivity contribution in [2.24, 2.45) is 0 Å². The molecular formula is C11H18Cl2N4OS. The number of nitrogens with zero attached hydrogens (tertiary/aromatic N) is 2. The van der Waals surface area contributed by atoms with E-state index in [-0.39, 0.29) is 36.8 Å². The van der Waals surface area contributed by atoms with Gasteiger partial charge in [0.15, 0.2) is 0 Å². The van der Waals surface area contributed by atoms with E-state index in [0.29, 0.717) is 5.82 Å². The second kappa shape index (κ2) is 8.47. The molecule has 1 amide bonds. The number of carbonyl (C=O) groups is 1. The van der Waals surface area contributed by atoms with Crippen LogP contribution in [0.2, 0.25) is 0 Å². The molecule has 2 heterocycles. The van der Waals surface area contributed by atoms with Crippen LogP contribution in [0.25, 0.3) is 0 Å². The molecule has 1 fully saturated rings. The van der Waals surface area contributed by atoms with E-state index in [1.165, 1.54) is 0 Å². The van der Waals surface area contributed by atoms with Crippen LogP contribution in [-0.4, -0.2) is 42.7 Å². The van der Waals surface area contributed by atoms with E-state index >= 15 is 0 Å². The largest absolute Gasteiger partial charge is 0.376 e. The number of amides is 1. The third-order valence-electron chi connectivity index (χ3n) is 2.55. The van der Waals surface area contributed by atoms with E-state index in [1.54, 1.807) is 18.0 Å². The zero-order valence-electron chi connectivity index (χ0n) is 10.8. The molecule has 1 aromatic rings. The third kappa shape index (κ3) is 5.06. The molecule has 1 unspecified atom stereocenters. The quantitative estimate of drug-likeness (QED) is 0.884. The predicted molar refractivity (Wildman–Crippen MR) is 85.9 cm³/mol. The molecule has 0 aliphatic carbocycles. The highest BCUT2D eigenvalue weighted by molar-refractivity contribution is 7.99. The fourth-order valence-electron chi connectivity index (χ4n) is 1.50. The van der Waals surface area contributed by atoms with E-state index in [0.717, 1.165) is 17.3 Å². The number of halogens is 2. The lowest BCUT2D eigenvalue weighted by Crippen LogP contribution is -2.37. The summed E-state index contributed by atoms with van der Waals surface area (Å²) in [5, 5.41) is 5.93. The van der Waals surface area contributed by atoms with Gasteiger partial charge >= 0.3 is 0 Å². The third-order valence-corrected chi connectivity index (χ3v) is 3.49. The molecule has 0 saturated carbocycles. The van der Waals surface area contributed by atoms with Gasteiger partial charge in [0.1, 0.15) is 5.82 Å². The van der Waals surface area contributed by atoms with Crippen molar-refractivity contribution in [1.82, 2.24) is 10.3 Å². The van der Waals surface area contributed by atoms with Crippen LogP contribution in [-0.2, 0) is 4.79 Å². The second-order valence-electron chi connectivity index (χ2n) is 4.06. The van der Waals surface area contributed by atoms with Crippen LogP contribution >= 0.6 is 36.6 Å². The second-order valence-corrected chi connectivity index (χ2v) is 5.09. The lowest BCUT2D eigenvalue weighted by atomic mass is 10.3. The molecule has 0 bridgehead atoms. The minimum atomic E-state index is -0.102. The highest BCUT2D eigenvalue weighted by Gasteiger charge is 2.22. The summed E-state index contributed by atoms with van der Waals surface area (Å²) in [6.07, 6.45) is 1.74. The van der Waals surface area contributed by atoms with Gasteiger partial charge in [-0.15, -0.1) is 36.6 Å². The Labute approximate surface area is 129 Å². The van der Waals surface area contributed by atoms with E-state index in [9.17, 15) is 4.79 Å². The normalized spacial score (nSPS) is 17.1. The first-order valence-corrected chi connectivity index (χ1v) is 6.57. The van der Waals surface area contributed by atoms with Crippen molar-refractivity contribution in [1.29, 1.82) is 0 Å². The average Bonchev–Trinajstić information content (AvgIpc) is 2.83. The molecule has 1 aliphatic rings. The summed E-state index contributed by atoms with van der Waals surface area (Å²) in [5.41, 5.74) is 1.01. The van der Waals surface area contributed by atoms with Crippen molar-refractivity contribution in [2.45, 2.75) is 6.04 Å². The Morgan fingerprint density at radius 3 is 2.68 bits per heavy atom. The number of hydrogen-bond donors (Lipinski definition) is 2. The van der Waals surface area contributed by atoms with Crippen LogP contribution in [0.15, 0.2) is 18.3 Å².